The van der Waals surface area contributed by atoms with E-state index in [0.29, 0.717) is 6.54 Å². The van der Waals surface area contributed by atoms with Crippen molar-refractivity contribution >= 4 is 21.4 Å². The highest BCUT2D eigenvalue weighted by molar-refractivity contribution is 7.89. The second-order valence-electron chi connectivity index (χ2n) is 5.13. The van der Waals surface area contributed by atoms with Crippen LogP contribution in [0.25, 0.3) is 10.6 Å². The molecule has 6 nitrogen and oxygen atoms in total. The smallest absolute Gasteiger partial charge is 0.244 e. The van der Waals surface area contributed by atoms with Crippen LogP contribution in [0.15, 0.2) is 52.9 Å². The molecule has 3 aromatic rings. The number of methoxy groups -OCH3 is 1. The number of rotatable bonds is 7. The van der Waals surface area contributed by atoms with E-state index in [1.54, 1.807) is 22.2 Å². The lowest BCUT2D eigenvalue weighted by Crippen LogP contribution is -2.28. The number of nitrogens with zero attached hydrogens (tertiary/aromatic N) is 2. The van der Waals surface area contributed by atoms with Gasteiger partial charge in [-0.3, -0.25) is 4.68 Å². The van der Waals surface area contributed by atoms with Gasteiger partial charge in [-0.25, -0.2) is 17.5 Å². The topological polar surface area (TPSA) is 73.2 Å². The molecule has 0 spiro atoms. The standard InChI is InChI=1S/C16H16FN3O3S2/c1-23-14-5-4-12(17)11-16(14)25(21,22)18-7-9-20-8-6-13(19-20)15-3-2-10-24-15/h2-6,8,10-11,18H,7,9H2,1H3. The van der Waals surface area contributed by atoms with Crippen molar-refractivity contribution in [2.75, 3.05) is 13.7 Å². The SMILES string of the molecule is COc1ccc(F)cc1S(=O)(=O)NCCn1ccc(-c2cccs2)n1. The van der Waals surface area contributed by atoms with Crippen LogP contribution in [0.1, 0.15) is 0 Å². The fourth-order valence-electron chi connectivity index (χ4n) is 2.27. The van der Waals surface area contributed by atoms with Gasteiger partial charge >= 0.3 is 0 Å². The molecule has 2 heterocycles. The number of ether oxygens (including phenoxy) is 1. The molecule has 3 rings (SSSR count). The quantitative estimate of drug-likeness (QED) is 0.683. The van der Waals surface area contributed by atoms with E-state index in [1.807, 2.05) is 23.6 Å². The van der Waals surface area contributed by atoms with Crippen molar-refractivity contribution in [1.29, 1.82) is 0 Å². The molecule has 0 aliphatic carbocycles. The number of hydrogen-bond donors (Lipinski definition) is 1. The fraction of sp³-hybridized carbons (Fsp3) is 0.188. The lowest BCUT2D eigenvalue weighted by molar-refractivity contribution is 0.400. The third-order valence-electron chi connectivity index (χ3n) is 3.46. The Hall–Kier alpha value is -2.23. The van der Waals surface area contributed by atoms with Gasteiger partial charge in [-0.15, -0.1) is 11.3 Å². The van der Waals surface area contributed by atoms with E-state index >= 15 is 0 Å². The van der Waals surface area contributed by atoms with E-state index in [1.165, 1.54) is 13.2 Å². The molecule has 25 heavy (non-hydrogen) atoms. The Morgan fingerprint density at radius 1 is 1.32 bits per heavy atom. The maximum absolute atomic E-state index is 13.4. The maximum atomic E-state index is 13.4. The van der Waals surface area contributed by atoms with Gasteiger partial charge in [0.25, 0.3) is 0 Å². The number of nitrogens with one attached hydrogen (secondary N) is 1. The maximum Gasteiger partial charge on any atom is 0.244 e. The predicted octanol–water partition coefficient (Wildman–Crippen LogP) is 2.74. The Morgan fingerprint density at radius 3 is 2.88 bits per heavy atom. The van der Waals surface area contributed by atoms with Crippen LogP contribution in [0.3, 0.4) is 0 Å². The van der Waals surface area contributed by atoms with Crippen LogP contribution in [0, 0.1) is 5.82 Å². The van der Waals surface area contributed by atoms with Gasteiger partial charge in [0.05, 0.1) is 18.5 Å². The monoisotopic (exact) mass is 381 g/mol. The van der Waals surface area contributed by atoms with Crippen LogP contribution in [0.4, 0.5) is 4.39 Å². The van der Waals surface area contributed by atoms with E-state index in [9.17, 15) is 12.8 Å². The summed E-state index contributed by atoms with van der Waals surface area (Å²) in [6, 6.07) is 9.15. The summed E-state index contributed by atoms with van der Waals surface area (Å²) in [6.45, 7) is 0.468. The molecule has 0 radical (unpaired) electrons. The van der Waals surface area contributed by atoms with Crippen LogP contribution in [-0.4, -0.2) is 31.9 Å². The molecule has 0 aliphatic heterocycles. The largest absolute Gasteiger partial charge is 0.495 e. The molecule has 0 unspecified atom stereocenters. The van der Waals surface area contributed by atoms with E-state index in [-0.39, 0.29) is 17.2 Å². The van der Waals surface area contributed by atoms with Crippen LogP contribution in [0.5, 0.6) is 5.75 Å². The van der Waals surface area contributed by atoms with Crippen molar-refractivity contribution < 1.29 is 17.5 Å². The highest BCUT2D eigenvalue weighted by atomic mass is 32.2. The summed E-state index contributed by atoms with van der Waals surface area (Å²) in [5, 5.41) is 6.37. The van der Waals surface area contributed by atoms with Gasteiger partial charge < -0.3 is 4.74 Å². The van der Waals surface area contributed by atoms with E-state index < -0.39 is 15.8 Å². The van der Waals surface area contributed by atoms with Crippen molar-refractivity contribution in [2.24, 2.45) is 0 Å². The number of aromatic nitrogens is 2. The normalized spacial score (nSPS) is 11.6. The summed E-state index contributed by atoms with van der Waals surface area (Å²) in [5.74, 6) is -0.554. The number of thiophene rings is 1. The lowest BCUT2D eigenvalue weighted by Gasteiger charge is -2.10. The van der Waals surface area contributed by atoms with Crippen LogP contribution in [-0.2, 0) is 16.6 Å². The molecular formula is C16H16FN3O3S2. The Morgan fingerprint density at radius 2 is 2.16 bits per heavy atom. The summed E-state index contributed by atoms with van der Waals surface area (Å²) in [6.07, 6.45) is 1.78. The molecule has 1 aromatic carbocycles. The molecule has 1 N–H and O–H groups in total. The summed E-state index contributed by atoms with van der Waals surface area (Å²) in [4.78, 5) is 0.818. The van der Waals surface area contributed by atoms with Crippen molar-refractivity contribution in [3.63, 3.8) is 0 Å². The minimum atomic E-state index is -3.89. The molecule has 0 saturated heterocycles. The Balaban J connectivity index is 1.66. The van der Waals surface area contributed by atoms with Crippen molar-refractivity contribution in [3.8, 4) is 16.3 Å². The molecule has 0 saturated carbocycles. The number of halogens is 1. The zero-order chi connectivity index (χ0) is 17.9. The van der Waals surface area contributed by atoms with Gasteiger partial charge in [0.15, 0.2) is 0 Å². The Bertz CT molecular complexity index is 953. The van der Waals surface area contributed by atoms with Gasteiger partial charge in [-0.05, 0) is 35.7 Å². The van der Waals surface area contributed by atoms with E-state index in [4.69, 9.17) is 4.74 Å². The zero-order valence-corrected chi connectivity index (χ0v) is 15.0. The first kappa shape index (κ1) is 17.6. The third kappa shape index (κ3) is 4.06. The summed E-state index contributed by atoms with van der Waals surface area (Å²) in [5.41, 5.74) is 0.838. The Labute approximate surface area is 148 Å². The molecule has 0 aliphatic rings. The number of hydrogen-bond acceptors (Lipinski definition) is 5. The fourth-order valence-corrected chi connectivity index (χ4v) is 4.16. The second kappa shape index (κ2) is 7.34. The molecule has 0 bridgehead atoms. The van der Waals surface area contributed by atoms with Gasteiger partial charge in [-0.2, -0.15) is 5.10 Å². The molecule has 9 heteroatoms. The average molecular weight is 381 g/mol. The number of sulfonamides is 1. The van der Waals surface area contributed by atoms with Crippen LogP contribution in [0.2, 0.25) is 0 Å². The first-order valence-corrected chi connectivity index (χ1v) is 9.76. The lowest BCUT2D eigenvalue weighted by atomic mass is 10.3. The zero-order valence-electron chi connectivity index (χ0n) is 13.3. The summed E-state index contributed by atoms with van der Waals surface area (Å²) >= 11 is 1.58. The van der Waals surface area contributed by atoms with Gasteiger partial charge in [0.1, 0.15) is 22.2 Å². The molecule has 132 valence electrons. The summed E-state index contributed by atoms with van der Waals surface area (Å²) < 4.78 is 47.2. The molecule has 0 amide bonds. The van der Waals surface area contributed by atoms with Crippen molar-refractivity contribution in [3.05, 3.63) is 53.8 Å². The van der Waals surface area contributed by atoms with E-state index in [0.717, 1.165) is 22.7 Å². The van der Waals surface area contributed by atoms with Gasteiger partial charge in [0.2, 0.25) is 10.0 Å². The van der Waals surface area contributed by atoms with Crippen LogP contribution >= 0.6 is 11.3 Å². The molecular weight excluding hydrogens is 365 g/mol. The predicted molar refractivity (Wildman–Crippen MR) is 93.7 cm³/mol. The minimum Gasteiger partial charge on any atom is -0.495 e. The second-order valence-corrected chi connectivity index (χ2v) is 7.82. The van der Waals surface area contributed by atoms with Crippen molar-refractivity contribution in [2.45, 2.75) is 11.4 Å². The number of benzene rings is 1. The first-order valence-electron chi connectivity index (χ1n) is 7.40. The third-order valence-corrected chi connectivity index (χ3v) is 5.84. The highest BCUT2D eigenvalue weighted by Crippen LogP contribution is 2.24. The average Bonchev–Trinajstić information content (AvgIpc) is 3.26. The van der Waals surface area contributed by atoms with Gasteiger partial charge in [0, 0.05) is 12.7 Å². The summed E-state index contributed by atoms with van der Waals surface area (Å²) in [7, 11) is -2.55. The molecule has 0 atom stereocenters. The van der Waals surface area contributed by atoms with E-state index in [2.05, 4.69) is 9.82 Å². The van der Waals surface area contributed by atoms with Crippen LogP contribution < -0.4 is 9.46 Å². The van der Waals surface area contributed by atoms with Crippen molar-refractivity contribution in [1.82, 2.24) is 14.5 Å². The Kier molecular flexibility index (Phi) is 5.16. The highest BCUT2D eigenvalue weighted by Gasteiger charge is 2.20. The minimum absolute atomic E-state index is 0.0907. The molecule has 2 aromatic heterocycles. The van der Waals surface area contributed by atoms with Gasteiger partial charge in [-0.1, -0.05) is 6.07 Å². The first-order chi connectivity index (χ1) is 12.0. The molecule has 0 fully saturated rings.